The normalized spacial score (nSPS) is 21.3. The second-order valence-electron chi connectivity index (χ2n) is 8.43. The summed E-state index contributed by atoms with van der Waals surface area (Å²) in [4.78, 5) is 30.6. The van der Waals surface area contributed by atoms with Crippen molar-refractivity contribution < 1.29 is 9.59 Å². The number of aryl methyl sites for hydroxylation is 1. The van der Waals surface area contributed by atoms with Crippen LogP contribution in [0.15, 0.2) is 54.6 Å². The van der Waals surface area contributed by atoms with Gasteiger partial charge in [0.1, 0.15) is 12.6 Å². The Hall–Kier alpha value is -2.62. The summed E-state index contributed by atoms with van der Waals surface area (Å²) in [7, 11) is 0. The Balaban J connectivity index is 1.66. The first-order chi connectivity index (χ1) is 14.1. The first kappa shape index (κ1) is 19.7. The standard InChI is InChI=1S/C25H30N2O2/c1-19-13-15-21(16-14-19)24-25(29)26(22-11-7-2-3-8-12-22)18-23(28)27(24)17-20-9-5-4-6-10-20/h4-6,9-10,13-16,22,24H,2-3,7-8,11-12,17-18H2,1H3. The van der Waals surface area contributed by atoms with Crippen LogP contribution in [0.4, 0.5) is 0 Å². The van der Waals surface area contributed by atoms with Crippen molar-refractivity contribution in [1.29, 1.82) is 0 Å². The van der Waals surface area contributed by atoms with Gasteiger partial charge < -0.3 is 9.80 Å². The highest BCUT2D eigenvalue weighted by molar-refractivity contribution is 5.95. The minimum Gasteiger partial charge on any atom is -0.328 e. The molecule has 0 radical (unpaired) electrons. The van der Waals surface area contributed by atoms with Crippen molar-refractivity contribution in [2.75, 3.05) is 6.54 Å². The average molecular weight is 391 g/mol. The van der Waals surface area contributed by atoms with Crippen LogP contribution >= 0.6 is 0 Å². The van der Waals surface area contributed by atoms with Crippen molar-refractivity contribution in [1.82, 2.24) is 9.80 Å². The highest BCUT2D eigenvalue weighted by Crippen LogP contribution is 2.33. The molecule has 152 valence electrons. The third-order valence-corrected chi connectivity index (χ3v) is 6.31. The zero-order chi connectivity index (χ0) is 20.2. The number of hydrogen-bond donors (Lipinski definition) is 0. The highest BCUT2D eigenvalue weighted by atomic mass is 16.2. The number of benzene rings is 2. The lowest BCUT2D eigenvalue weighted by Crippen LogP contribution is -2.57. The molecule has 1 atom stereocenters. The third kappa shape index (κ3) is 4.36. The Labute approximate surface area is 173 Å². The molecule has 2 aromatic rings. The van der Waals surface area contributed by atoms with E-state index in [1.54, 1.807) is 4.90 Å². The van der Waals surface area contributed by atoms with Gasteiger partial charge in [-0.1, -0.05) is 85.8 Å². The molecule has 0 spiro atoms. The van der Waals surface area contributed by atoms with Crippen molar-refractivity contribution in [2.45, 2.75) is 64.1 Å². The summed E-state index contributed by atoms with van der Waals surface area (Å²) < 4.78 is 0. The van der Waals surface area contributed by atoms with Gasteiger partial charge in [-0.15, -0.1) is 0 Å². The van der Waals surface area contributed by atoms with Crippen LogP contribution in [0.1, 0.15) is 61.3 Å². The minimum atomic E-state index is -0.541. The first-order valence-corrected chi connectivity index (χ1v) is 10.8. The Bertz CT molecular complexity index is 839. The summed E-state index contributed by atoms with van der Waals surface area (Å²) in [5.74, 6) is 0.125. The van der Waals surface area contributed by atoms with E-state index in [0.29, 0.717) is 6.54 Å². The summed E-state index contributed by atoms with van der Waals surface area (Å²) in [6.07, 6.45) is 6.77. The van der Waals surface area contributed by atoms with Crippen LogP contribution in [0.2, 0.25) is 0 Å². The van der Waals surface area contributed by atoms with Gasteiger partial charge in [0.25, 0.3) is 5.91 Å². The zero-order valence-electron chi connectivity index (χ0n) is 17.2. The summed E-state index contributed by atoms with van der Waals surface area (Å²) in [5.41, 5.74) is 3.11. The number of hydrogen-bond acceptors (Lipinski definition) is 2. The predicted molar refractivity (Wildman–Crippen MR) is 114 cm³/mol. The SMILES string of the molecule is Cc1ccc(C2C(=O)N(C3CCCCCC3)CC(=O)N2Cc2ccccc2)cc1. The van der Waals surface area contributed by atoms with Gasteiger partial charge in [0, 0.05) is 12.6 Å². The molecule has 4 rings (SSSR count). The van der Waals surface area contributed by atoms with E-state index in [2.05, 4.69) is 0 Å². The molecule has 2 fully saturated rings. The van der Waals surface area contributed by atoms with Gasteiger partial charge in [0.15, 0.2) is 0 Å². The molecule has 1 saturated heterocycles. The topological polar surface area (TPSA) is 40.6 Å². The molecule has 1 saturated carbocycles. The molecule has 1 aliphatic carbocycles. The maximum Gasteiger partial charge on any atom is 0.250 e. The molecule has 2 amide bonds. The van der Waals surface area contributed by atoms with Crippen LogP contribution in [0, 0.1) is 6.92 Å². The van der Waals surface area contributed by atoms with Gasteiger partial charge >= 0.3 is 0 Å². The number of piperazine rings is 1. The van der Waals surface area contributed by atoms with E-state index in [-0.39, 0.29) is 24.4 Å². The van der Waals surface area contributed by atoms with Crippen LogP contribution in [0.5, 0.6) is 0 Å². The molecule has 1 unspecified atom stereocenters. The van der Waals surface area contributed by atoms with E-state index in [0.717, 1.165) is 42.4 Å². The monoisotopic (exact) mass is 390 g/mol. The van der Waals surface area contributed by atoms with E-state index < -0.39 is 6.04 Å². The number of carbonyl (C=O) groups is 2. The maximum atomic E-state index is 13.7. The molecule has 0 aromatic heterocycles. The van der Waals surface area contributed by atoms with Gasteiger partial charge in [-0.25, -0.2) is 0 Å². The Morgan fingerprint density at radius 1 is 0.862 bits per heavy atom. The molecule has 2 aliphatic rings. The zero-order valence-corrected chi connectivity index (χ0v) is 17.2. The molecular formula is C25H30N2O2. The van der Waals surface area contributed by atoms with Gasteiger partial charge in [0.05, 0.1) is 0 Å². The van der Waals surface area contributed by atoms with Crippen LogP contribution in [-0.4, -0.2) is 34.2 Å². The van der Waals surface area contributed by atoms with Crippen molar-refractivity contribution in [3.63, 3.8) is 0 Å². The lowest BCUT2D eigenvalue weighted by molar-refractivity contribution is -0.159. The Morgan fingerprint density at radius 3 is 2.17 bits per heavy atom. The Kier molecular flexibility index (Phi) is 5.98. The molecule has 0 N–H and O–H groups in total. The molecule has 2 aromatic carbocycles. The second-order valence-corrected chi connectivity index (χ2v) is 8.43. The van der Waals surface area contributed by atoms with Crippen molar-refractivity contribution in [2.24, 2.45) is 0 Å². The molecule has 0 bridgehead atoms. The number of rotatable bonds is 4. The van der Waals surface area contributed by atoms with E-state index in [1.807, 2.05) is 66.4 Å². The van der Waals surface area contributed by atoms with Gasteiger partial charge in [0.2, 0.25) is 5.91 Å². The number of amides is 2. The first-order valence-electron chi connectivity index (χ1n) is 10.8. The second kappa shape index (κ2) is 8.81. The quantitative estimate of drug-likeness (QED) is 0.714. The van der Waals surface area contributed by atoms with Crippen LogP contribution in [-0.2, 0) is 16.1 Å². The predicted octanol–water partition coefficient (Wildman–Crippen LogP) is 4.63. The van der Waals surface area contributed by atoms with Crippen molar-refractivity contribution >= 4 is 11.8 Å². The molecule has 29 heavy (non-hydrogen) atoms. The van der Waals surface area contributed by atoms with E-state index in [9.17, 15) is 9.59 Å². The van der Waals surface area contributed by atoms with Gasteiger partial charge in [-0.05, 0) is 30.9 Å². The van der Waals surface area contributed by atoms with Crippen molar-refractivity contribution in [3.8, 4) is 0 Å². The molecular weight excluding hydrogens is 360 g/mol. The largest absolute Gasteiger partial charge is 0.328 e. The van der Waals surface area contributed by atoms with E-state index in [1.165, 1.54) is 12.8 Å². The number of nitrogens with zero attached hydrogens (tertiary/aromatic N) is 2. The van der Waals surface area contributed by atoms with Crippen LogP contribution < -0.4 is 0 Å². The average Bonchev–Trinajstić information content (AvgIpc) is 3.02. The molecule has 1 heterocycles. The third-order valence-electron chi connectivity index (χ3n) is 6.31. The van der Waals surface area contributed by atoms with Crippen LogP contribution in [0.3, 0.4) is 0 Å². The fourth-order valence-electron chi connectivity index (χ4n) is 4.66. The summed E-state index contributed by atoms with van der Waals surface area (Å²) >= 11 is 0. The number of carbonyl (C=O) groups excluding carboxylic acids is 2. The van der Waals surface area contributed by atoms with E-state index in [4.69, 9.17) is 0 Å². The smallest absolute Gasteiger partial charge is 0.250 e. The van der Waals surface area contributed by atoms with Gasteiger partial charge in [-0.2, -0.15) is 0 Å². The minimum absolute atomic E-state index is 0.0447. The van der Waals surface area contributed by atoms with Crippen molar-refractivity contribution in [3.05, 3.63) is 71.3 Å². The lowest BCUT2D eigenvalue weighted by Gasteiger charge is -2.43. The fourth-order valence-corrected chi connectivity index (χ4v) is 4.66. The summed E-state index contributed by atoms with van der Waals surface area (Å²) in [6, 6.07) is 17.7. The highest BCUT2D eigenvalue weighted by Gasteiger charge is 2.42. The molecule has 4 nitrogen and oxygen atoms in total. The fraction of sp³-hybridized carbons (Fsp3) is 0.440. The van der Waals surface area contributed by atoms with E-state index >= 15 is 0 Å². The van der Waals surface area contributed by atoms with Gasteiger partial charge in [-0.3, -0.25) is 9.59 Å². The van der Waals surface area contributed by atoms with Crippen LogP contribution in [0.25, 0.3) is 0 Å². The Morgan fingerprint density at radius 2 is 1.52 bits per heavy atom. The summed E-state index contributed by atoms with van der Waals surface area (Å²) in [5, 5.41) is 0. The maximum absolute atomic E-state index is 13.7. The summed E-state index contributed by atoms with van der Waals surface area (Å²) in [6.45, 7) is 2.71. The molecule has 1 aliphatic heterocycles. The molecule has 4 heteroatoms. The lowest BCUT2D eigenvalue weighted by atomic mass is 9.96.